The number of aliphatic hydroxyl groups is 1. The third kappa shape index (κ3) is 3.22. The molecule has 0 aliphatic heterocycles. The van der Waals surface area contributed by atoms with Gasteiger partial charge in [0, 0.05) is 16.7 Å². The normalized spacial score (nSPS) is 41.2. The number of nitrogens with zero attached hydrogens (tertiary/aromatic N) is 1. The van der Waals surface area contributed by atoms with Crippen molar-refractivity contribution in [3.63, 3.8) is 0 Å². The summed E-state index contributed by atoms with van der Waals surface area (Å²) in [6.07, 6.45) is 4.16. The first-order valence-corrected chi connectivity index (χ1v) is 14.0. The van der Waals surface area contributed by atoms with E-state index in [1.807, 2.05) is 0 Å². The third-order valence-corrected chi connectivity index (χ3v) is 11.1. The van der Waals surface area contributed by atoms with E-state index in [1.54, 1.807) is 26.8 Å². The first-order valence-electron chi connectivity index (χ1n) is 12.1. The number of hydrogen-bond acceptors (Lipinski definition) is 8. The van der Waals surface area contributed by atoms with Crippen LogP contribution in [0.3, 0.4) is 0 Å². The number of carbonyl (C=O) groups excluding carboxylic acids is 3. The van der Waals surface area contributed by atoms with Crippen molar-refractivity contribution >= 4 is 40.0 Å². The number of hydrogen-bond donors (Lipinski definition) is 1. The van der Waals surface area contributed by atoms with Gasteiger partial charge in [0.25, 0.3) is 0 Å². The molecule has 10 heteroatoms. The van der Waals surface area contributed by atoms with Crippen LogP contribution in [-0.2, 0) is 14.3 Å². The van der Waals surface area contributed by atoms with Gasteiger partial charge in [0.05, 0.1) is 17.3 Å². The Morgan fingerprint density at radius 1 is 1.31 bits per heavy atom. The van der Waals surface area contributed by atoms with Gasteiger partial charge >= 0.3 is 5.97 Å². The minimum Gasteiger partial charge on any atom is -0.445 e. The zero-order valence-corrected chi connectivity index (χ0v) is 22.0. The van der Waals surface area contributed by atoms with Crippen LogP contribution in [0.5, 0.6) is 0 Å². The average molecular weight is 538 g/mol. The second kappa shape index (κ2) is 8.56. The molecule has 2 unspecified atom stereocenters. The summed E-state index contributed by atoms with van der Waals surface area (Å²) >= 11 is 1.54. The molecular formula is C26H29F2NO5S2. The maximum atomic E-state index is 17.3. The second-order valence-electron chi connectivity index (χ2n) is 10.8. The maximum absolute atomic E-state index is 17.3. The molecule has 0 radical (unpaired) electrons. The van der Waals surface area contributed by atoms with Gasteiger partial charge in [0.2, 0.25) is 5.12 Å². The smallest absolute Gasteiger partial charge is 0.351 e. The first-order chi connectivity index (χ1) is 16.9. The van der Waals surface area contributed by atoms with E-state index in [9.17, 15) is 23.9 Å². The molecule has 1 N–H and O–H groups in total. The predicted octanol–water partition coefficient (Wildman–Crippen LogP) is 4.90. The Bertz CT molecular complexity index is 1200. The highest BCUT2D eigenvalue weighted by Crippen LogP contribution is 2.70. The average Bonchev–Trinajstić information content (AvgIpc) is 3.37. The van der Waals surface area contributed by atoms with Crippen LogP contribution in [0.1, 0.15) is 61.3 Å². The van der Waals surface area contributed by atoms with Crippen molar-refractivity contribution in [1.82, 2.24) is 4.98 Å². The Morgan fingerprint density at radius 2 is 2.06 bits per heavy atom. The Balaban J connectivity index is 1.58. The van der Waals surface area contributed by atoms with E-state index in [0.29, 0.717) is 42.3 Å². The van der Waals surface area contributed by atoms with E-state index >= 15 is 4.39 Å². The number of alkyl halides is 2. The van der Waals surface area contributed by atoms with Crippen molar-refractivity contribution in [2.45, 2.75) is 70.2 Å². The lowest BCUT2D eigenvalue weighted by molar-refractivity contribution is -0.214. The van der Waals surface area contributed by atoms with Crippen molar-refractivity contribution in [2.75, 3.05) is 6.01 Å². The molecule has 4 aliphatic rings. The number of esters is 1. The van der Waals surface area contributed by atoms with Crippen molar-refractivity contribution in [1.29, 1.82) is 0 Å². The number of aliphatic hydroxyl groups excluding tert-OH is 1. The largest absolute Gasteiger partial charge is 0.445 e. The number of thiazole rings is 1. The monoisotopic (exact) mass is 537 g/mol. The predicted molar refractivity (Wildman–Crippen MR) is 132 cm³/mol. The van der Waals surface area contributed by atoms with Crippen LogP contribution >= 0.6 is 23.1 Å². The highest BCUT2D eigenvalue weighted by atomic mass is 32.2. The van der Waals surface area contributed by atoms with E-state index in [1.165, 1.54) is 17.7 Å². The van der Waals surface area contributed by atoms with E-state index < -0.39 is 57.1 Å². The van der Waals surface area contributed by atoms with Gasteiger partial charge in [0.15, 0.2) is 17.1 Å². The summed E-state index contributed by atoms with van der Waals surface area (Å²) in [6, 6.07) is -0.984. The summed E-state index contributed by atoms with van der Waals surface area (Å²) in [5.74, 6) is -1.94. The van der Waals surface area contributed by atoms with Crippen molar-refractivity contribution in [3.8, 4) is 0 Å². The maximum Gasteiger partial charge on any atom is 0.351 e. The second-order valence-corrected chi connectivity index (χ2v) is 12.6. The van der Waals surface area contributed by atoms with Crippen LogP contribution in [0.4, 0.5) is 8.78 Å². The van der Waals surface area contributed by atoms with Crippen molar-refractivity contribution in [3.05, 3.63) is 39.9 Å². The standard InChI is InChI=1S/C26H29F2NO5S2/c1-14-20(36-13-29-14)21(32)34-25(22(33)35-12-27)9-7-17-18-5-4-15-10-16(30)6-8-23(15,2)26(18,28)19(31)11-24(17,25)3/h6,8,10,13,17-19,31H,4-5,7,9,11-12H2,1-3H3/t17?,18?,19-,23-,24-,25-,26-/m0/s1. The van der Waals surface area contributed by atoms with Crippen molar-refractivity contribution in [2.24, 2.45) is 22.7 Å². The summed E-state index contributed by atoms with van der Waals surface area (Å²) in [4.78, 5) is 43.1. The Labute approximate surface area is 216 Å². The van der Waals surface area contributed by atoms with Gasteiger partial charge in [-0.15, -0.1) is 11.3 Å². The highest BCUT2D eigenvalue weighted by Gasteiger charge is 2.75. The number of thioether (sulfide) groups is 1. The molecule has 4 aliphatic carbocycles. The van der Waals surface area contributed by atoms with Gasteiger partial charge in [0.1, 0.15) is 10.9 Å². The van der Waals surface area contributed by atoms with Gasteiger partial charge in [-0.3, -0.25) is 9.59 Å². The van der Waals surface area contributed by atoms with Gasteiger partial charge < -0.3 is 9.84 Å². The van der Waals surface area contributed by atoms with Crippen LogP contribution in [0.2, 0.25) is 0 Å². The van der Waals surface area contributed by atoms with Gasteiger partial charge in [-0.2, -0.15) is 0 Å². The van der Waals surface area contributed by atoms with E-state index in [2.05, 4.69) is 4.98 Å². The summed E-state index contributed by atoms with van der Waals surface area (Å²) in [5.41, 5.74) is -3.40. The van der Waals surface area contributed by atoms with Gasteiger partial charge in [-0.05, 0) is 75.8 Å². The van der Waals surface area contributed by atoms with Crippen molar-refractivity contribution < 1.29 is 33.0 Å². The molecule has 36 heavy (non-hydrogen) atoms. The molecule has 1 aromatic heterocycles. The number of ketones is 1. The fraction of sp³-hybridized carbons (Fsp3) is 0.615. The third-order valence-electron chi connectivity index (χ3n) is 9.47. The summed E-state index contributed by atoms with van der Waals surface area (Å²) in [6.45, 7) is 5.15. The number of aromatic nitrogens is 1. The molecule has 7 atom stereocenters. The number of allylic oxidation sites excluding steroid dienone is 4. The lowest BCUT2D eigenvalue weighted by Crippen LogP contribution is -2.69. The molecular weight excluding hydrogens is 508 g/mol. The molecule has 1 aromatic rings. The van der Waals surface area contributed by atoms with Gasteiger partial charge in [-0.25, -0.2) is 18.6 Å². The molecule has 1 heterocycles. The zero-order chi connectivity index (χ0) is 26.1. The number of ether oxygens (including phenoxy) is 1. The number of aryl methyl sites for hydroxylation is 1. The topological polar surface area (TPSA) is 93.6 Å². The fourth-order valence-electron chi connectivity index (χ4n) is 7.61. The minimum atomic E-state index is -2.07. The lowest BCUT2D eigenvalue weighted by Gasteiger charge is -2.62. The molecule has 0 saturated heterocycles. The van der Waals surface area contributed by atoms with Gasteiger partial charge in [-0.1, -0.05) is 18.6 Å². The number of carbonyl (C=O) groups is 3. The zero-order valence-electron chi connectivity index (χ0n) is 20.4. The molecule has 3 fully saturated rings. The number of fused-ring (bicyclic) bond motifs is 5. The molecule has 6 nitrogen and oxygen atoms in total. The molecule has 3 saturated carbocycles. The van der Waals surface area contributed by atoms with Crippen LogP contribution in [-0.4, -0.2) is 50.3 Å². The summed E-state index contributed by atoms with van der Waals surface area (Å²) in [7, 11) is 0. The molecule has 194 valence electrons. The molecule has 0 spiro atoms. The molecule has 0 aromatic carbocycles. The Kier molecular flexibility index (Phi) is 6.12. The molecule has 5 rings (SSSR count). The van der Waals surface area contributed by atoms with E-state index in [-0.39, 0.29) is 23.5 Å². The minimum absolute atomic E-state index is 0.122. The SMILES string of the molecule is Cc1ncsc1C(=O)O[C@]1(C(=O)SCF)CCC2C3CCC4=CC(=O)C=C[C@]4(C)[C@@]3(F)[C@@H](O)C[C@@]21C. The Morgan fingerprint density at radius 3 is 2.72 bits per heavy atom. The van der Waals surface area contributed by atoms with E-state index in [0.717, 1.165) is 11.3 Å². The first kappa shape index (κ1) is 25.7. The fourth-order valence-corrected chi connectivity index (χ4v) is 9.00. The number of rotatable bonds is 4. The quantitative estimate of drug-likeness (QED) is 0.546. The van der Waals surface area contributed by atoms with Crippen LogP contribution in [0.25, 0.3) is 0 Å². The lowest BCUT2D eigenvalue weighted by atomic mass is 9.45. The van der Waals surface area contributed by atoms with Crippen LogP contribution in [0.15, 0.2) is 29.3 Å². The highest BCUT2D eigenvalue weighted by molar-refractivity contribution is 8.13. The Hall–Kier alpha value is -1.91. The molecule has 0 bridgehead atoms. The van der Waals surface area contributed by atoms with Crippen LogP contribution < -0.4 is 0 Å². The summed E-state index contributed by atoms with van der Waals surface area (Å²) < 4.78 is 36.7. The molecule has 0 amide bonds. The van der Waals surface area contributed by atoms with Crippen LogP contribution in [0, 0.1) is 29.6 Å². The van der Waals surface area contributed by atoms with E-state index in [4.69, 9.17) is 4.74 Å². The number of halogens is 2. The summed E-state index contributed by atoms with van der Waals surface area (Å²) in [5, 5.41) is 10.9.